The average molecular weight is 311 g/mol. The van der Waals surface area contributed by atoms with Crippen molar-refractivity contribution >= 4 is 58.2 Å². The van der Waals surface area contributed by atoms with Crippen molar-refractivity contribution in [2.45, 2.75) is 0 Å². The summed E-state index contributed by atoms with van der Waals surface area (Å²) in [4.78, 5) is 15.4. The van der Waals surface area contributed by atoms with Crippen LogP contribution in [0.1, 0.15) is 0 Å². The summed E-state index contributed by atoms with van der Waals surface area (Å²) in [5.41, 5.74) is 0. The number of nitrogens with zero attached hydrogens (tertiary/aromatic N) is 4. The molecule has 2 rings (SSSR count). The zero-order valence-corrected chi connectivity index (χ0v) is 11.0. The Labute approximate surface area is 116 Å². The van der Waals surface area contributed by atoms with E-state index in [1.54, 1.807) is 0 Å². The van der Waals surface area contributed by atoms with Gasteiger partial charge in [-0.15, -0.1) is 0 Å². The smallest absolute Gasteiger partial charge is 0.231 e. The van der Waals surface area contributed by atoms with E-state index in [0.29, 0.717) is 5.82 Å². The number of nitrogens with one attached hydrogen (secondary N) is 1. The van der Waals surface area contributed by atoms with Gasteiger partial charge in [-0.05, 0) is 11.6 Å². The number of anilines is 2. The van der Waals surface area contributed by atoms with Crippen LogP contribution in [0, 0.1) is 0 Å². The summed E-state index contributed by atoms with van der Waals surface area (Å²) in [6.07, 6.45) is 0. The van der Waals surface area contributed by atoms with Gasteiger partial charge >= 0.3 is 0 Å². The molecule has 0 fully saturated rings. The van der Waals surface area contributed by atoms with Gasteiger partial charge in [0.2, 0.25) is 11.2 Å². The van der Waals surface area contributed by atoms with Gasteiger partial charge in [0.1, 0.15) is 21.3 Å². The van der Waals surface area contributed by atoms with Crippen LogP contribution in [-0.2, 0) is 0 Å². The molecule has 88 valence electrons. The van der Waals surface area contributed by atoms with Gasteiger partial charge in [0.25, 0.3) is 0 Å². The monoisotopic (exact) mass is 309 g/mol. The number of hydrogen-bond acceptors (Lipinski definition) is 5. The molecule has 0 bridgehead atoms. The largest absolute Gasteiger partial charge is 0.308 e. The van der Waals surface area contributed by atoms with E-state index < -0.39 is 0 Å². The third-order valence-electron chi connectivity index (χ3n) is 1.57. The van der Waals surface area contributed by atoms with Gasteiger partial charge in [-0.1, -0.05) is 34.8 Å². The number of aromatic nitrogens is 4. The van der Waals surface area contributed by atoms with E-state index in [9.17, 15) is 0 Å². The second-order valence-corrected chi connectivity index (χ2v) is 4.31. The van der Waals surface area contributed by atoms with Crippen LogP contribution in [0.2, 0.25) is 20.7 Å². The molecule has 2 heterocycles. The fraction of sp³-hybridized carbons (Fsp3) is 0. The highest BCUT2D eigenvalue weighted by Crippen LogP contribution is 2.19. The molecule has 0 unspecified atom stereocenters. The topological polar surface area (TPSA) is 63.6 Å². The lowest BCUT2D eigenvalue weighted by Crippen LogP contribution is -2.00. The quantitative estimate of drug-likeness (QED) is 0.678. The molecule has 0 aliphatic heterocycles. The summed E-state index contributed by atoms with van der Waals surface area (Å²) in [6, 6.07) is 2.87. The van der Waals surface area contributed by atoms with Crippen LogP contribution in [0.4, 0.5) is 11.8 Å². The van der Waals surface area contributed by atoms with Gasteiger partial charge < -0.3 is 5.32 Å². The van der Waals surface area contributed by atoms with E-state index in [4.69, 9.17) is 46.4 Å². The molecule has 5 nitrogen and oxygen atoms in total. The molecular formula is C8H3Cl4N5. The van der Waals surface area contributed by atoms with Gasteiger partial charge in [0, 0.05) is 12.1 Å². The number of hydrogen-bond donors (Lipinski definition) is 1. The van der Waals surface area contributed by atoms with Gasteiger partial charge in [0.05, 0.1) is 0 Å². The summed E-state index contributed by atoms with van der Waals surface area (Å²) in [5, 5.41) is 3.37. The van der Waals surface area contributed by atoms with Crippen molar-refractivity contribution in [3.8, 4) is 0 Å². The first kappa shape index (κ1) is 12.6. The summed E-state index contributed by atoms with van der Waals surface area (Å²) in [7, 11) is 0. The molecule has 0 aliphatic carbocycles. The van der Waals surface area contributed by atoms with Crippen LogP contribution in [0.15, 0.2) is 12.1 Å². The first-order chi connectivity index (χ1) is 8.02. The minimum absolute atomic E-state index is 0.00752. The molecule has 0 aliphatic rings. The van der Waals surface area contributed by atoms with Gasteiger partial charge in [-0.25, -0.2) is 19.9 Å². The second kappa shape index (κ2) is 5.18. The first-order valence-corrected chi connectivity index (χ1v) is 5.71. The average Bonchev–Trinajstić information content (AvgIpc) is 2.13. The SMILES string of the molecule is Clc1cc(Nc2nc(Cl)cc(Cl)n2)nc(Cl)n1. The molecule has 0 radical (unpaired) electrons. The third kappa shape index (κ3) is 3.54. The van der Waals surface area contributed by atoms with Crippen LogP contribution in [0.5, 0.6) is 0 Å². The molecule has 0 saturated carbocycles. The first-order valence-electron chi connectivity index (χ1n) is 4.20. The predicted octanol–water partition coefficient (Wildman–Crippen LogP) is 3.62. The molecule has 17 heavy (non-hydrogen) atoms. The van der Waals surface area contributed by atoms with Crippen molar-refractivity contribution in [3.63, 3.8) is 0 Å². The minimum Gasteiger partial charge on any atom is -0.308 e. The standard InChI is InChI=1S/C8H3Cl4N5/c9-3-1-4(10)15-8(14-3)17-6-2-5(11)13-7(12)16-6/h1-2H,(H,13,14,15,16,17). The lowest BCUT2D eigenvalue weighted by molar-refractivity contribution is 1.12. The normalized spacial score (nSPS) is 10.4. The molecule has 1 N–H and O–H groups in total. The van der Waals surface area contributed by atoms with Crippen molar-refractivity contribution in [3.05, 3.63) is 32.9 Å². The van der Waals surface area contributed by atoms with Gasteiger partial charge in [0.15, 0.2) is 0 Å². The molecule has 0 amide bonds. The van der Waals surface area contributed by atoms with E-state index >= 15 is 0 Å². The van der Waals surface area contributed by atoms with Crippen LogP contribution in [0.25, 0.3) is 0 Å². The van der Waals surface area contributed by atoms with Crippen LogP contribution < -0.4 is 5.32 Å². The maximum atomic E-state index is 5.72. The molecule has 0 atom stereocenters. The molecule has 2 aromatic heterocycles. The van der Waals surface area contributed by atoms with E-state index in [1.165, 1.54) is 12.1 Å². The van der Waals surface area contributed by atoms with Crippen molar-refractivity contribution < 1.29 is 0 Å². The molecule has 2 aromatic rings. The highest BCUT2D eigenvalue weighted by molar-refractivity contribution is 6.33. The molecule has 0 spiro atoms. The fourth-order valence-electron chi connectivity index (χ4n) is 1.01. The Bertz CT molecular complexity index is 472. The van der Waals surface area contributed by atoms with Gasteiger partial charge in [-0.2, -0.15) is 0 Å². The third-order valence-corrected chi connectivity index (χ3v) is 2.32. The summed E-state index contributed by atoms with van der Waals surface area (Å²) in [6.45, 7) is 0. The van der Waals surface area contributed by atoms with E-state index in [-0.39, 0.29) is 26.7 Å². The summed E-state index contributed by atoms with van der Waals surface area (Å²) in [5.74, 6) is 0.529. The van der Waals surface area contributed by atoms with Crippen LogP contribution >= 0.6 is 46.4 Å². The fourth-order valence-corrected chi connectivity index (χ4v) is 1.85. The van der Waals surface area contributed by atoms with Crippen molar-refractivity contribution in [2.75, 3.05) is 5.32 Å². The van der Waals surface area contributed by atoms with E-state index in [1.807, 2.05) is 0 Å². The lowest BCUT2D eigenvalue weighted by atomic mass is 10.6. The predicted molar refractivity (Wildman–Crippen MR) is 67.4 cm³/mol. The van der Waals surface area contributed by atoms with Crippen LogP contribution in [-0.4, -0.2) is 19.9 Å². The number of halogens is 4. The van der Waals surface area contributed by atoms with E-state index in [2.05, 4.69) is 25.3 Å². The number of rotatable bonds is 2. The molecule has 0 saturated heterocycles. The summed E-state index contributed by atoms with van der Waals surface area (Å²) < 4.78 is 0. The van der Waals surface area contributed by atoms with Crippen molar-refractivity contribution in [1.29, 1.82) is 0 Å². The molecule has 9 heteroatoms. The Morgan fingerprint density at radius 1 is 0.765 bits per heavy atom. The van der Waals surface area contributed by atoms with Gasteiger partial charge in [-0.3, -0.25) is 0 Å². The Morgan fingerprint density at radius 3 is 1.94 bits per heavy atom. The Morgan fingerprint density at radius 2 is 1.35 bits per heavy atom. The van der Waals surface area contributed by atoms with E-state index in [0.717, 1.165) is 0 Å². The molecule has 0 aromatic carbocycles. The van der Waals surface area contributed by atoms with Crippen LogP contribution in [0.3, 0.4) is 0 Å². The maximum absolute atomic E-state index is 5.72. The highest BCUT2D eigenvalue weighted by atomic mass is 35.5. The Balaban J connectivity index is 2.31. The summed E-state index contributed by atoms with van der Waals surface area (Å²) >= 11 is 22.8. The Hall–Kier alpha value is -0.880. The highest BCUT2D eigenvalue weighted by Gasteiger charge is 2.05. The zero-order chi connectivity index (χ0) is 12.4. The molecular weight excluding hydrogens is 308 g/mol. The maximum Gasteiger partial charge on any atom is 0.231 e. The minimum atomic E-state index is 0.00752. The Kier molecular flexibility index (Phi) is 3.83. The zero-order valence-electron chi connectivity index (χ0n) is 7.96. The second-order valence-electron chi connectivity index (χ2n) is 2.81. The van der Waals surface area contributed by atoms with Crippen molar-refractivity contribution in [1.82, 2.24) is 19.9 Å². The lowest BCUT2D eigenvalue weighted by Gasteiger charge is -2.04. The van der Waals surface area contributed by atoms with Crippen molar-refractivity contribution in [2.24, 2.45) is 0 Å².